The van der Waals surface area contributed by atoms with E-state index in [0.29, 0.717) is 17.4 Å². The number of hydrogen-bond donors (Lipinski definition) is 1. The molecule has 0 aromatic carbocycles. The molecule has 468 valence electrons. The largest absolute Gasteiger partial charge is 0.756 e. The van der Waals surface area contributed by atoms with Crippen LogP contribution in [-0.4, -0.2) is 69.4 Å². The van der Waals surface area contributed by atoms with Gasteiger partial charge >= 0.3 is 5.97 Å². The molecule has 0 aliphatic carbocycles. The second-order valence-corrected chi connectivity index (χ2v) is 25.7. The molecule has 80 heavy (non-hydrogen) atoms. The average Bonchev–Trinajstić information content (AvgIpc) is 3.42. The summed E-state index contributed by atoms with van der Waals surface area (Å²) in [6, 6.07) is -0.894. The minimum Gasteiger partial charge on any atom is -0.756 e. The first kappa shape index (κ1) is 77.7. The molecule has 3 atom stereocenters. The third kappa shape index (κ3) is 60.3. The summed E-state index contributed by atoms with van der Waals surface area (Å²) >= 11 is 0. The monoisotopic (exact) mass is 1140 g/mol. The number of nitrogens with zero attached hydrogens (tertiary/aromatic N) is 1. The molecule has 3 unspecified atom stereocenters. The molecule has 0 aliphatic rings. The van der Waals surface area contributed by atoms with E-state index in [1.165, 1.54) is 205 Å². The third-order valence-electron chi connectivity index (χ3n) is 15.2. The molecule has 10 heteroatoms. The van der Waals surface area contributed by atoms with Gasteiger partial charge in [-0.3, -0.25) is 14.2 Å². The lowest BCUT2D eigenvalue weighted by Crippen LogP contribution is -2.47. The van der Waals surface area contributed by atoms with Crippen molar-refractivity contribution in [3.8, 4) is 0 Å². The standard InChI is InChI=1S/C70H131N2O7P/c1-7-10-13-16-19-22-25-28-30-32-34-36-38-40-42-44-47-50-53-56-59-62-69(73)71-67(66-78-80(75,76)77-65-64-72(4,5)6)68(61-58-55-52-49-46-27-24-21-18-15-12-9-3)79-70(74)63-60-57-54-51-48-45-43-41-39-37-35-33-31-29-26-23-20-17-14-11-8-2/h19,22,28-31,34,36,58,61,67-68H,7-18,20-21,23-27,32-33,35,37-57,59-60,62-66H2,1-6H3,(H-,71,73,75,76)/b22-19-,30-28-,31-29+,36-34-,61-58+. The number of ether oxygens (including phenoxy) is 1. The van der Waals surface area contributed by atoms with Crippen LogP contribution in [0.4, 0.5) is 0 Å². The number of carbonyl (C=O) groups is 2. The van der Waals surface area contributed by atoms with E-state index in [4.69, 9.17) is 13.8 Å². The van der Waals surface area contributed by atoms with Gasteiger partial charge in [-0.15, -0.1) is 0 Å². The number of phosphoric acid groups is 1. The number of unbranched alkanes of at least 4 members (excludes halogenated alkanes) is 38. The van der Waals surface area contributed by atoms with Crippen LogP contribution >= 0.6 is 7.82 Å². The van der Waals surface area contributed by atoms with Crippen LogP contribution in [0.3, 0.4) is 0 Å². The summed E-state index contributed by atoms with van der Waals surface area (Å²) in [5, 5.41) is 3.04. The maximum atomic E-state index is 13.6. The molecule has 0 heterocycles. The van der Waals surface area contributed by atoms with E-state index in [0.717, 1.165) is 83.5 Å². The van der Waals surface area contributed by atoms with Crippen LogP contribution in [0.5, 0.6) is 0 Å². The predicted molar refractivity (Wildman–Crippen MR) is 344 cm³/mol. The zero-order chi connectivity index (χ0) is 58.6. The first-order valence-electron chi connectivity index (χ1n) is 34.1. The summed E-state index contributed by atoms with van der Waals surface area (Å²) in [6.07, 6.45) is 76.2. The molecular formula is C70H131N2O7P. The van der Waals surface area contributed by atoms with Crippen molar-refractivity contribution < 1.29 is 37.3 Å². The number of carbonyl (C=O) groups excluding carboxylic acids is 2. The number of quaternary nitrogens is 1. The van der Waals surface area contributed by atoms with Gasteiger partial charge in [0.1, 0.15) is 19.3 Å². The molecule has 0 rings (SSSR count). The van der Waals surface area contributed by atoms with Crippen LogP contribution in [0, 0.1) is 0 Å². The summed E-state index contributed by atoms with van der Waals surface area (Å²) in [7, 11) is 1.18. The van der Waals surface area contributed by atoms with E-state index in [9.17, 15) is 19.0 Å². The van der Waals surface area contributed by atoms with Gasteiger partial charge in [0.2, 0.25) is 5.91 Å². The van der Waals surface area contributed by atoms with Crippen LogP contribution in [0.1, 0.15) is 323 Å². The van der Waals surface area contributed by atoms with Gasteiger partial charge in [-0.1, -0.05) is 275 Å². The fraction of sp³-hybridized carbons (Fsp3) is 0.829. The summed E-state index contributed by atoms with van der Waals surface area (Å²) in [5.41, 5.74) is 0. The maximum Gasteiger partial charge on any atom is 0.306 e. The molecule has 0 saturated carbocycles. The smallest absolute Gasteiger partial charge is 0.306 e. The highest BCUT2D eigenvalue weighted by Gasteiger charge is 2.27. The fourth-order valence-corrected chi connectivity index (χ4v) is 10.6. The third-order valence-corrected chi connectivity index (χ3v) is 16.1. The number of esters is 1. The van der Waals surface area contributed by atoms with E-state index in [1.54, 1.807) is 0 Å². The zero-order valence-corrected chi connectivity index (χ0v) is 54.4. The summed E-state index contributed by atoms with van der Waals surface area (Å²) in [4.78, 5) is 40.1. The topological polar surface area (TPSA) is 114 Å². The highest BCUT2D eigenvalue weighted by molar-refractivity contribution is 7.45. The number of nitrogens with one attached hydrogen (secondary N) is 1. The lowest BCUT2D eigenvalue weighted by Gasteiger charge is -2.30. The summed E-state index contributed by atoms with van der Waals surface area (Å²) < 4.78 is 30.4. The number of phosphoric ester groups is 1. The van der Waals surface area contributed by atoms with Crippen LogP contribution in [-0.2, 0) is 27.9 Å². The molecule has 0 fully saturated rings. The molecule has 1 N–H and O–H groups in total. The molecule has 0 bridgehead atoms. The molecule has 0 aromatic heterocycles. The first-order chi connectivity index (χ1) is 38.9. The van der Waals surface area contributed by atoms with Crippen molar-refractivity contribution >= 4 is 19.7 Å². The predicted octanol–water partition coefficient (Wildman–Crippen LogP) is 20.8. The Labute approximate surface area is 496 Å². The highest BCUT2D eigenvalue weighted by atomic mass is 31.2. The van der Waals surface area contributed by atoms with Crippen LogP contribution in [0.2, 0.25) is 0 Å². The quantitative estimate of drug-likeness (QED) is 0.0212. The SMILES string of the molecule is CCCCC/C=C\C/C=C\C/C=C\CCCCCCCCCCC(=O)NC(COP(=O)([O-])OCC[N+](C)(C)C)C(/C=C/CCCCCCCCCCCC)OC(=O)CCCCCCCCCCCCC/C=C/CCCCCCCC. The fourth-order valence-electron chi connectivity index (χ4n) is 9.88. The average molecular weight is 1140 g/mol. The van der Waals surface area contributed by atoms with Crippen molar-refractivity contribution in [3.63, 3.8) is 0 Å². The van der Waals surface area contributed by atoms with Gasteiger partial charge in [0.05, 0.1) is 33.8 Å². The number of allylic oxidation sites excluding steroid dienone is 9. The number of amides is 1. The van der Waals surface area contributed by atoms with Gasteiger partial charge in [-0.05, 0) is 96.0 Å². The normalized spacial score (nSPS) is 13.9. The van der Waals surface area contributed by atoms with Crippen molar-refractivity contribution in [1.29, 1.82) is 0 Å². The Morgan fingerprint density at radius 3 is 1.18 bits per heavy atom. The van der Waals surface area contributed by atoms with Crippen LogP contribution < -0.4 is 10.2 Å². The lowest BCUT2D eigenvalue weighted by atomic mass is 10.0. The first-order valence-corrected chi connectivity index (χ1v) is 35.6. The van der Waals surface area contributed by atoms with Crippen molar-refractivity contribution in [2.24, 2.45) is 0 Å². The second kappa shape index (κ2) is 59.9. The molecule has 0 radical (unpaired) electrons. The van der Waals surface area contributed by atoms with Crippen molar-refractivity contribution in [2.75, 3.05) is 40.9 Å². The lowest BCUT2D eigenvalue weighted by molar-refractivity contribution is -0.870. The molecule has 0 spiro atoms. The van der Waals surface area contributed by atoms with Crippen LogP contribution in [0.25, 0.3) is 0 Å². The molecule has 0 saturated heterocycles. The number of rotatable bonds is 62. The minimum absolute atomic E-state index is 0.0244. The molecule has 0 aromatic rings. The van der Waals surface area contributed by atoms with Gasteiger partial charge in [0, 0.05) is 12.8 Å². The van der Waals surface area contributed by atoms with Crippen molar-refractivity contribution in [2.45, 2.75) is 335 Å². The Bertz CT molecular complexity index is 1550. The van der Waals surface area contributed by atoms with E-state index < -0.39 is 26.6 Å². The van der Waals surface area contributed by atoms with E-state index >= 15 is 0 Å². The summed E-state index contributed by atoms with van der Waals surface area (Å²) in [5.74, 6) is -0.540. The van der Waals surface area contributed by atoms with Gasteiger partial charge < -0.3 is 28.5 Å². The van der Waals surface area contributed by atoms with Gasteiger partial charge in [0.15, 0.2) is 0 Å². The Balaban J connectivity index is 5.15. The minimum atomic E-state index is -4.70. The van der Waals surface area contributed by atoms with E-state index in [-0.39, 0.29) is 24.9 Å². The van der Waals surface area contributed by atoms with Gasteiger partial charge in [-0.2, -0.15) is 0 Å². The van der Waals surface area contributed by atoms with Crippen molar-refractivity contribution in [3.05, 3.63) is 60.8 Å². The molecule has 0 aliphatic heterocycles. The Morgan fingerprint density at radius 2 is 0.762 bits per heavy atom. The van der Waals surface area contributed by atoms with E-state index in [2.05, 4.69) is 74.7 Å². The van der Waals surface area contributed by atoms with E-state index in [1.807, 2.05) is 33.3 Å². The Hall–Kier alpha value is -2.29. The van der Waals surface area contributed by atoms with Gasteiger partial charge in [0.25, 0.3) is 7.82 Å². The van der Waals surface area contributed by atoms with Gasteiger partial charge in [-0.25, -0.2) is 0 Å². The van der Waals surface area contributed by atoms with Crippen molar-refractivity contribution in [1.82, 2.24) is 5.32 Å². The second-order valence-electron chi connectivity index (χ2n) is 24.3. The maximum absolute atomic E-state index is 13.6. The molecule has 9 nitrogen and oxygen atoms in total. The van der Waals surface area contributed by atoms with Crippen LogP contribution in [0.15, 0.2) is 60.8 Å². The Kier molecular flexibility index (Phi) is 58.1. The highest BCUT2D eigenvalue weighted by Crippen LogP contribution is 2.38. The number of hydrogen-bond acceptors (Lipinski definition) is 7. The molecular weight excluding hydrogens is 1010 g/mol. The summed E-state index contributed by atoms with van der Waals surface area (Å²) in [6.45, 7) is 6.84. The zero-order valence-electron chi connectivity index (χ0n) is 53.5. The number of likely N-dealkylation sites (N-methyl/N-ethyl adjacent to an activating group) is 1. The Morgan fingerprint density at radius 1 is 0.438 bits per heavy atom. The molecule has 1 amide bonds.